The molecule has 0 spiro atoms. The van der Waals surface area contributed by atoms with E-state index in [0.717, 1.165) is 0 Å². The van der Waals surface area contributed by atoms with Crippen LogP contribution >= 0.6 is 0 Å². The third-order valence-corrected chi connectivity index (χ3v) is 2.84. The molecule has 1 atom stereocenters. The van der Waals surface area contributed by atoms with E-state index >= 15 is 0 Å². The lowest BCUT2D eigenvalue weighted by molar-refractivity contribution is -0.149. The van der Waals surface area contributed by atoms with Gasteiger partial charge in [0.15, 0.2) is 11.8 Å². The van der Waals surface area contributed by atoms with Crippen LogP contribution in [-0.2, 0) is 19.1 Å². The quantitative estimate of drug-likeness (QED) is 0.534. The van der Waals surface area contributed by atoms with Gasteiger partial charge in [-0.05, 0) is 34.6 Å². The summed E-state index contributed by atoms with van der Waals surface area (Å²) in [6.45, 7) is 8.62. The predicted molar refractivity (Wildman–Crippen MR) is 67.6 cm³/mol. The Balaban J connectivity index is 3.07. The van der Waals surface area contributed by atoms with Gasteiger partial charge in [0, 0.05) is 12.0 Å². The number of carbonyl (C=O) groups excluding carboxylic acids is 3. The molecule has 1 heterocycles. The Morgan fingerprint density at radius 3 is 2.26 bits per heavy atom. The lowest BCUT2D eigenvalue weighted by Gasteiger charge is -2.34. The van der Waals surface area contributed by atoms with Crippen LogP contribution in [0.5, 0.6) is 0 Å². The maximum Gasteiger partial charge on any atom is 0.411 e. The molecule has 0 bridgehead atoms. The Labute approximate surface area is 113 Å². The molecule has 0 aliphatic carbocycles. The first kappa shape index (κ1) is 15.5. The molecule has 6 heteroatoms. The van der Waals surface area contributed by atoms with Crippen LogP contribution in [-0.4, -0.2) is 47.0 Å². The van der Waals surface area contributed by atoms with Crippen LogP contribution in [0.2, 0.25) is 0 Å². The van der Waals surface area contributed by atoms with Crippen LogP contribution in [0.3, 0.4) is 0 Å². The summed E-state index contributed by atoms with van der Waals surface area (Å²) in [5, 5.41) is 0. The highest BCUT2D eigenvalue weighted by atomic mass is 16.6. The molecule has 1 amide bonds. The number of ether oxygens (including phenoxy) is 2. The Morgan fingerprint density at radius 2 is 1.84 bits per heavy atom. The Bertz CT molecular complexity index is 408. The Kier molecular flexibility index (Phi) is 3.93. The van der Waals surface area contributed by atoms with Gasteiger partial charge in [-0.25, -0.2) is 9.59 Å². The molecule has 19 heavy (non-hydrogen) atoms. The number of amides is 1. The molecule has 0 unspecified atom stereocenters. The monoisotopic (exact) mass is 271 g/mol. The van der Waals surface area contributed by atoms with Crippen molar-refractivity contribution in [3.63, 3.8) is 0 Å². The van der Waals surface area contributed by atoms with Gasteiger partial charge in [-0.15, -0.1) is 0 Å². The van der Waals surface area contributed by atoms with E-state index in [-0.39, 0.29) is 12.2 Å². The van der Waals surface area contributed by atoms with Gasteiger partial charge >= 0.3 is 12.1 Å². The van der Waals surface area contributed by atoms with Crippen LogP contribution < -0.4 is 0 Å². The van der Waals surface area contributed by atoms with Gasteiger partial charge in [-0.2, -0.15) is 0 Å². The lowest BCUT2D eigenvalue weighted by Crippen LogP contribution is -2.52. The summed E-state index contributed by atoms with van der Waals surface area (Å²) in [5.41, 5.74) is -1.46. The standard InChI is InChI=1S/C13H21NO5/c1-12(2,3)19-11(17)14-9(10(16)18-6)8(15)7-13(14,4)5/h9H,7H2,1-6H3/t9-/m1/s1. The second-order valence-corrected chi connectivity index (χ2v) is 6.23. The number of Topliss-reactive ketones (excluding diaryl/α,β-unsaturated/α-hetero) is 1. The van der Waals surface area contributed by atoms with E-state index in [2.05, 4.69) is 4.74 Å². The van der Waals surface area contributed by atoms with Gasteiger partial charge in [0.2, 0.25) is 0 Å². The highest BCUT2D eigenvalue weighted by Gasteiger charge is 2.53. The first-order chi connectivity index (χ1) is 8.49. The van der Waals surface area contributed by atoms with Crippen molar-refractivity contribution in [2.45, 2.75) is 58.2 Å². The SMILES string of the molecule is COC(=O)[C@H]1C(=O)CC(C)(C)N1C(=O)OC(C)(C)C. The average molecular weight is 271 g/mol. The third-order valence-electron chi connectivity index (χ3n) is 2.84. The first-order valence-electron chi connectivity index (χ1n) is 6.12. The van der Waals surface area contributed by atoms with Gasteiger partial charge in [-0.3, -0.25) is 9.69 Å². The minimum Gasteiger partial charge on any atom is -0.467 e. The van der Waals surface area contributed by atoms with E-state index in [1.54, 1.807) is 34.6 Å². The zero-order chi connectivity index (χ0) is 15.0. The topological polar surface area (TPSA) is 72.9 Å². The number of hydrogen-bond donors (Lipinski definition) is 0. The van der Waals surface area contributed by atoms with E-state index in [0.29, 0.717) is 0 Å². The van der Waals surface area contributed by atoms with E-state index in [1.165, 1.54) is 12.0 Å². The molecule has 0 aromatic carbocycles. The largest absolute Gasteiger partial charge is 0.467 e. The first-order valence-corrected chi connectivity index (χ1v) is 6.12. The lowest BCUT2D eigenvalue weighted by atomic mass is 10.0. The molecule has 1 aliphatic rings. The van der Waals surface area contributed by atoms with Gasteiger partial charge < -0.3 is 9.47 Å². The number of esters is 1. The minimum atomic E-state index is -1.21. The van der Waals surface area contributed by atoms with Gasteiger partial charge in [0.25, 0.3) is 0 Å². The Hall–Kier alpha value is -1.59. The highest BCUT2D eigenvalue weighted by Crippen LogP contribution is 2.33. The van der Waals surface area contributed by atoms with Gasteiger partial charge in [0.05, 0.1) is 7.11 Å². The van der Waals surface area contributed by atoms with Crippen LogP contribution in [0.1, 0.15) is 41.0 Å². The molecule has 0 radical (unpaired) electrons. The van der Waals surface area contributed by atoms with E-state index < -0.39 is 29.2 Å². The van der Waals surface area contributed by atoms with E-state index in [9.17, 15) is 14.4 Å². The van der Waals surface area contributed by atoms with Crippen molar-refractivity contribution in [2.75, 3.05) is 7.11 Å². The molecule has 108 valence electrons. The summed E-state index contributed by atoms with van der Waals surface area (Å²) in [4.78, 5) is 37.0. The van der Waals surface area contributed by atoms with E-state index in [4.69, 9.17) is 4.74 Å². The summed E-state index contributed by atoms with van der Waals surface area (Å²) < 4.78 is 9.86. The van der Waals surface area contributed by atoms with E-state index in [1.807, 2.05) is 0 Å². The number of ketones is 1. The molecule has 1 fully saturated rings. The molecule has 1 aliphatic heterocycles. The number of methoxy groups -OCH3 is 1. The molecule has 0 aromatic heterocycles. The molecule has 0 N–H and O–H groups in total. The maximum atomic E-state index is 12.2. The molecular weight excluding hydrogens is 250 g/mol. The van der Waals surface area contributed by atoms with Crippen molar-refractivity contribution in [1.29, 1.82) is 0 Å². The third kappa shape index (κ3) is 3.24. The molecule has 0 saturated carbocycles. The van der Waals surface area contributed by atoms with Crippen molar-refractivity contribution in [3.05, 3.63) is 0 Å². The molecular formula is C13H21NO5. The van der Waals surface area contributed by atoms with Crippen molar-refractivity contribution in [1.82, 2.24) is 4.90 Å². The summed E-state index contributed by atoms with van der Waals surface area (Å²) in [6, 6.07) is -1.21. The number of nitrogens with zero attached hydrogens (tertiary/aromatic N) is 1. The second-order valence-electron chi connectivity index (χ2n) is 6.23. The fraction of sp³-hybridized carbons (Fsp3) is 0.769. The predicted octanol–water partition coefficient (Wildman–Crippen LogP) is 1.52. The smallest absolute Gasteiger partial charge is 0.411 e. The van der Waals surface area contributed by atoms with Crippen LogP contribution in [0.4, 0.5) is 4.79 Å². The number of rotatable bonds is 1. The van der Waals surface area contributed by atoms with Gasteiger partial charge in [-0.1, -0.05) is 0 Å². The van der Waals surface area contributed by atoms with Crippen LogP contribution in [0, 0.1) is 0 Å². The zero-order valence-corrected chi connectivity index (χ0v) is 12.3. The maximum absolute atomic E-state index is 12.2. The van der Waals surface area contributed by atoms with Crippen LogP contribution in [0.15, 0.2) is 0 Å². The zero-order valence-electron chi connectivity index (χ0n) is 12.3. The summed E-state index contributed by atoms with van der Waals surface area (Å²) in [5.74, 6) is -1.07. The van der Waals surface area contributed by atoms with Crippen molar-refractivity contribution < 1.29 is 23.9 Å². The molecule has 6 nitrogen and oxygen atoms in total. The summed E-state index contributed by atoms with van der Waals surface area (Å²) in [7, 11) is 1.19. The van der Waals surface area contributed by atoms with Crippen molar-refractivity contribution in [2.24, 2.45) is 0 Å². The molecule has 0 aromatic rings. The minimum absolute atomic E-state index is 0.103. The van der Waals surface area contributed by atoms with Crippen molar-refractivity contribution in [3.8, 4) is 0 Å². The Morgan fingerprint density at radius 1 is 1.32 bits per heavy atom. The summed E-state index contributed by atoms with van der Waals surface area (Å²) >= 11 is 0. The molecule has 1 rings (SSSR count). The number of hydrogen-bond acceptors (Lipinski definition) is 5. The number of likely N-dealkylation sites (tertiary alicyclic amines) is 1. The summed E-state index contributed by atoms with van der Waals surface area (Å²) in [6.07, 6.45) is -0.579. The second kappa shape index (κ2) is 4.83. The number of carbonyl (C=O) groups is 3. The van der Waals surface area contributed by atoms with Crippen molar-refractivity contribution >= 4 is 17.8 Å². The normalized spacial score (nSPS) is 22.3. The van der Waals surface area contributed by atoms with Gasteiger partial charge in [0.1, 0.15) is 5.60 Å². The molecule has 1 saturated heterocycles. The average Bonchev–Trinajstić information content (AvgIpc) is 2.44. The van der Waals surface area contributed by atoms with Crippen LogP contribution in [0.25, 0.3) is 0 Å². The highest BCUT2D eigenvalue weighted by molar-refractivity contribution is 6.08. The fourth-order valence-corrected chi connectivity index (χ4v) is 2.11. The fourth-order valence-electron chi connectivity index (χ4n) is 2.11.